The largest absolute Gasteiger partial charge is 0.357 e. The number of aryl methyl sites for hydroxylation is 1. The normalized spacial score (nSPS) is 21.1. The molecule has 2 aliphatic rings. The first-order valence-electron chi connectivity index (χ1n) is 9.37. The van der Waals surface area contributed by atoms with Crippen molar-refractivity contribution in [3.05, 3.63) is 41.9 Å². The molecule has 0 saturated carbocycles. The molecule has 154 valence electrons. The Labute approximate surface area is 178 Å². The number of carbonyl (C=O) groups is 1. The molecule has 7 nitrogen and oxygen atoms in total. The number of hydrogen-bond acceptors (Lipinski definition) is 5. The Morgan fingerprint density at radius 1 is 1.29 bits per heavy atom. The SMILES string of the molecule is Cl.Cl.Cn1cc([C@H]2CNC[C@@H]2C(=O)NCc2ccnc(N3CCCC3)c2)cn1. The number of rotatable bonds is 5. The molecule has 4 rings (SSSR count). The zero-order valence-electron chi connectivity index (χ0n) is 16.0. The lowest BCUT2D eigenvalue weighted by Gasteiger charge is -2.18. The molecule has 2 aromatic heterocycles. The highest BCUT2D eigenvalue weighted by Crippen LogP contribution is 2.28. The van der Waals surface area contributed by atoms with Crippen LogP contribution >= 0.6 is 24.8 Å². The topological polar surface area (TPSA) is 75.1 Å². The van der Waals surface area contributed by atoms with Gasteiger partial charge < -0.3 is 15.5 Å². The fourth-order valence-corrected chi connectivity index (χ4v) is 3.95. The molecule has 2 saturated heterocycles. The van der Waals surface area contributed by atoms with Crippen LogP contribution < -0.4 is 15.5 Å². The zero-order chi connectivity index (χ0) is 17.9. The van der Waals surface area contributed by atoms with Crippen LogP contribution in [0.5, 0.6) is 0 Å². The summed E-state index contributed by atoms with van der Waals surface area (Å²) < 4.78 is 1.79. The van der Waals surface area contributed by atoms with Crippen molar-refractivity contribution in [2.75, 3.05) is 31.1 Å². The summed E-state index contributed by atoms with van der Waals surface area (Å²) in [4.78, 5) is 19.5. The third-order valence-corrected chi connectivity index (χ3v) is 5.41. The van der Waals surface area contributed by atoms with Gasteiger partial charge in [-0.3, -0.25) is 9.48 Å². The van der Waals surface area contributed by atoms with Crippen LogP contribution in [0.4, 0.5) is 5.82 Å². The molecule has 2 fully saturated rings. The smallest absolute Gasteiger partial charge is 0.225 e. The Morgan fingerprint density at radius 3 is 2.79 bits per heavy atom. The summed E-state index contributed by atoms with van der Waals surface area (Å²) >= 11 is 0. The third-order valence-electron chi connectivity index (χ3n) is 5.41. The lowest BCUT2D eigenvalue weighted by molar-refractivity contribution is -0.125. The maximum absolute atomic E-state index is 12.7. The van der Waals surface area contributed by atoms with Crippen LogP contribution in [0.15, 0.2) is 30.7 Å². The number of nitrogens with one attached hydrogen (secondary N) is 2. The molecule has 4 heterocycles. The zero-order valence-corrected chi connectivity index (χ0v) is 17.6. The molecule has 2 N–H and O–H groups in total. The van der Waals surface area contributed by atoms with E-state index in [1.165, 1.54) is 12.8 Å². The lowest BCUT2D eigenvalue weighted by atomic mass is 9.90. The molecule has 0 bridgehead atoms. The Balaban J connectivity index is 0.00000140. The number of nitrogens with zero attached hydrogens (tertiary/aromatic N) is 4. The molecule has 0 aliphatic carbocycles. The van der Waals surface area contributed by atoms with E-state index >= 15 is 0 Å². The van der Waals surface area contributed by atoms with E-state index in [4.69, 9.17) is 0 Å². The van der Waals surface area contributed by atoms with E-state index in [-0.39, 0.29) is 42.6 Å². The summed E-state index contributed by atoms with van der Waals surface area (Å²) in [7, 11) is 1.91. The first-order valence-corrected chi connectivity index (χ1v) is 9.37. The average molecular weight is 427 g/mol. The molecular formula is C19H28Cl2N6O. The van der Waals surface area contributed by atoms with E-state index in [1.807, 2.05) is 31.7 Å². The Hall–Kier alpha value is -1.83. The Kier molecular flexibility index (Phi) is 8.10. The van der Waals surface area contributed by atoms with Gasteiger partial charge in [0.2, 0.25) is 5.91 Å². The third kappa shape index (κ3) is 4.96. The number of halogens is 2. The monoisotopic (exact) mass is 426 g/mol. The number of aromatic nitrogens is 3. The van der Waals surface area contributed by atoms with Crippen molar-refractivity contribution in [3.8, 4) is 0 Å². The first-order chi connectivity index (χ1) is 12.7. The molecule has 2 atom stereocenters. The summed E-state index contributed by atoms with van der Waals surface area (Å²) in [5.41, 5.74) is 2.22. The predicted octanol–water partition coefficient (Wildman–Crippen LogP) is 1.88. The van der Waals surface area contributed by atoms with Crippen LogP contribution in [0.2, 0.25) is 0 Å². The van der Waals surface area contributed by atoms with Gasteiger partial charge in [0.25, 0.3) is 0 Å². The van der Waals surface area contributed by atoms with E-state index in [9.17, 15) is 4.79 Å². The van der Waals surface area contributed by atoms with Gasteiger partial charge in [0.1, 0.15) is 5.82 Å². The molecule has 2 aromatic rings. The van der Waals surface area contributed by atoms with Gasteiger partial charge in [-0.1, -0.05) is 0 Å². The van der Waals surface area contributed by atoms with Gasteiger partial charge >= 0.3 is 0 Å². The number of anilines is 1. The second kappa shape index (κ2) is 10.1. The summed E-state index contributed by atoms with van der Waals surface area (Å²) in [5.74, 6) is 1.24. The predicted molar refractivity (Wildman–Crippen MR) is 114 cm³/mol. The van der Waals surface area contributed by atoms with Gasteiger partial charge in [0, 0.05) is 58.1 Å². The molecule has 0 spiro atoms. The van der Waals surface area contributed by atoms with Gasteiger partial charge in [-0.15, -0.1) is 24.8 Å². The fourth-order valence-electron chi connectivity index (χ4n) is 3.95. The van der Waals surface area contributed by atoms with Crippen molar-refractivity contribution < 1.29 is 4.79 Å². The van der Waals surface area contributed by atoms with Crippen LogP contribution in [0.25, 0.3) is 0 Å². The maximum atomic E-state index is 12.7. The van der Waals surface area contributed by atoms with E-state index in [2.05, 4.69) is 31.7 Å². The van der Waals surface area contributed by atoms with E-state index < -0.39 is 0 Å². The van der Waals surface area contributed by atoms with Crippen molar-refractivity contribution in [1.29, 1.82) is 0 Å². The number of amides is 1. The second-order valence-corrected chi connectivity index (χ2v) is 7.25. The van der Waals surface area contributed by atoms with Crippen molar-refractivity contribution in [3.63, 3.8) is 0 Å². The van der Waals surface area contributed by atoms with E-state index in [0.717, 1.165) is 36.6 Å². The summed E-state index contributed by atoms with van der Waals surface area (Å²) in [6.45, 7) is 4.21. The minimum absolute atomic E-state index is 0. The van der Waals surface area contributed by atoms with Gasteiger partial charge in [-0.2, -0.15) is 5.10 Å². The lowest BCUT2D eigenvalue weighted by Crippen LogP contribution is -2.34. The standard InChI is InChI=1S/C19H26N6O.2ClH/c1-24-13-15(10-23-24)16-11-20-12-17(16)19(26)22-9-14-4-5-21-18(8-14)25-6-2-3-7-25;;/h4-5,8,10,13,16-17,20H,2-3,6-7,9,11-12H2,1H3,(H,22,26);2*1H/t16-,17+;;/m1../s1. The molecule has 9 heteroatoms. The van der Waals surface area contributed by atoms with Gasteiger partial charge in [-0.25, -0.2) is 4.98 Å². The molecule has 2 aliphatic heterocycles. The van der Waals surface area contributed by atoms with Gasteiger partial charge in [0.15, 0.2) is 0 Å². The highest BCUT2D eigenvalue weighted by molar-refractivity contribution is 5.85. The van der Waals surface area contributed by atoms with Crippen LogP contribution in [0.3, 0.4) is 0 Å². The molecule has 0 aromatic carbocycles. The maximum Gasteiger partial charge on any atom is 0.225 e. The summed E-state index contributed by atoms with van der Waals surface area (Å²) in [6.07, 6.45) is 8.16. The Morgan fingerprint density at radius 2 is 2.07 bits per heavy atom. The highest BCUT2D eigenvalue weighted by atomic mass is 35.5. The van der Waals surface area contributed by atoms with Crippen molar-refractivity contribution in [2.45, 2.75) is 25.3 Å². The highest BCUT2D eigenvalue weighted by Gasteiger charge is 2.34. The number of pyridine rings is 1. The number of hydrogen-bond donors (Lipinski definition) is 2. The van der Waals surface area contributed by atoms with Gasteiger partial charge in [0.05, 0.1) is 12.1 Å². The van der Waals surface area contributed by atoms with Crippen LogP contribution in [0, 0.1) is 5.92 Å². The van der Waals surface area contributed by atoms with Crippen LogP contribution in [0.1, 0.15) is 29.9 Å². The summed E-state index contributed by atoms with van der Waals surface area (Å²) in [6, 6.07) is 4.07. The quantitative estimate of drug-likeness (QED) is 0.762. The second-order valence-electron chi connectivity index (χ2n) is 7.25. The van der Waals surface area contributed by atoms with E-state index in [0.29, 0.717) is 13.1 Å². The first kappa shape index (κ1) is 22.5. The Bertz CT molecular complexity index is 777. The minimum atomic E-state index is -0.0564. The molecule has 28 heavy (non-hydrogen) atoms. The fraction of sp³-hybridized carbons (Fsp3) is 0.526. The van der Waals surface area contributed by atoms with Crippen molar-refractivity contribution in [2.24, 2.45) is 13.0 Å². The summed E-state index contributed by atoms with van der Waals surface area (Å²) in [5, 5.41) is 10.7. The van der Waals surface area contributed by atoms with Gasteiger partial charge in [-0.05, 0) is 36.1 Å². The van der Waals surface area contributed by atoms with E-state index in [1.54, 1.807) is 4.68 Å². The molecule has 1 amide bonds. The molecular weight excluding hydrogens is 399 g/mol. The molecule has 0 unspecified atom stereocenters. The number of carbonyl (C=O) groups excluding carboxylic acids is 1. The average Bonchev–Trinajstić information content (AvgIpc) is 3.40. The van der Waals surface area contributed by atoms with Crippen molar-refractivity contribution >= 4 is 36.5 Å². The minimum Gasteiger partial charge on any atom is -0.357 e. The van der Waals surface area contributed by atoms with Crippen LogP contribution in [-0.4, -0.2) is 46.9 Å². The molecule has 0 radical (unpaired) electrons. The van der Waals surface area contributed by atoms with Crippen molar-refractivity contribution in [1.82, 2.24) is 25.4 Å². The van der Waals surface area contributed by atoms with Crippen LogP contribution in [-0.2, 0) is 18.4 Å².